The molecule has 0 spiro atoms. The first-order valence-electron chi connectivity index (χ1n) is 8.54. The van der Waals surface area contributed by atoms with Crippen LogP contribution in [0.25, 0.3) is 5.69 Å². The first-order valence-corrected chi connectivity index (χ1v) is 8.54. The van der Waals surface area contributed by atoms with Gasteiger partial charge in [-0.05, 0) is 55.9 Å². The fourth-order valence-corrected chi connectivity index (χ4v) is 2.98. The Bertz CT molecular complexity index is 665. The summed E-state index contributed by atoms with van der Waals surface area (Å²) in [5.74, 6) is 0. The molecule has 5 nitrogen and oxygen atoms in total. The van der Waals surface area contributed by atoms with Gasteiger partial charge in [0.25, 0.3) is 0 Å². The molecule has 0 amide bonds. The van der Waals surface area contributed by atoms with Crippen LogP contribution in [0, 0.1) is 11.3 Å². The maximum Gasteiger partial charge on any atom is 0.0991 e. The average molecular weight is 324 g/mol. The van der Waals surface area contributed by atoms with Gasteiger partial charge in [-0.2, -0.15) is 5.26 Å². The number of nitrogens with zero attached hydrogens (tertiary/aromatic N) is 3. The van der Waals surface area contributed by atoms with E-state index < -0.39 is 0 Å². The number of aromatic nitrogens is 1. The molecule has 24 heavy (non-hydrogen) atoms. The molecule has 0 saturated carbocycles. The lowest BCUT2D eigenvalue weighted by atomic mass is 10.2. The summed E-state index contributed by atoms with van der Waals surface area (Å²) in [6.07, 6.45) is 3.21. The maximum absolute atomic E-state index is 8.90. The second kappa shape index (κ2) is 8.65. The van der Waals surface area contributed by atoms with Gasteiger partial charge in [0.2, 0.25) is 0 Å². The summed E-state index contributed by atoms with van der Waals surface area (Å²) >= 11 is 0. The first-order chi connectivity index (χ1) is 11.9. The Kier molecular flexibility index (Phi) is 6.02. The van der Waals surface area contributed by atoms with Gasteiger partial charge in [0, 0.05) is 37.2 Å². The Morgan fingerprint density at radius 3 is 2.67 bits per heavy atom. The highest BCUT2D eigenvalue weighted by Crippen LogP contribution is 2.13. The lowest BCUT2D eigenvalue weighted by Crippen LogP contribution is -2.37. The third kappa shape index (κ3) is 4.45. The molecule has 1 aliphatic heterocycles. The number of nitriles is 1. The van der Waals surface area contributed by atoms with Gasteiger partial charge in [0.1, 0.15) is 0 Å². The molecule has 126 valence electrons. The summed E-state index contributed by atoms with van der Waals surface area (Å²) < 4.78 is 7.53. The van der Waals surface area contributed by atoms with Gasteiger partial charge in [0.05, 0.1) is 24.8 Å². The summed E-state index contributed by atoms with van der Waals surface area (Å²) in [5.41, 5.74) is 3.00. The van der Waals surface area contributed by atoms with Crippen LogP contribution < -0.4 is 5.32 Å². The zero-order chi connectivity index (χ0) is 16.6. The van der Waals surface area contributed by atoms with Crippen molar-refractivity contribution in [1.29, 1.82) is 5.26 Å². The Hall–Kier alpha value is -2.13. The topological polar surface area (TPSA) is 53.2 Å². The molecule has 5 heteroatoms. The lowest BCUT2D eigenvalue weighted by molar-refractivity contribution is 0.0374. The van der Waals surface area contributed by atoms with Crippen molar-refractivity contribution < 1.29 is 4.74 Å². The van der Waals surface area contributed by atoms with Crippen molar-refractivity contribution in [1.82, 2.24) is 14.8 Å². The van der Waals surface area contributed by atoms with E-state index in [0.717, 1.165) is 58.0 Å². The number of morpholine rings is 1. The summed E-state index contributed by atoms with van der Waals surface area (Å²) in [4.78, 5) is 2.46. The van der Waals surface area contributed by atoms with Crippen molar-refractivity contribution in [3.8, 4) is 11.8 Å². The molecule has 2 heterocycles. The smallest absolute Gasteiger partial charge is 0.0991 e. The number of benzene rings is 1. The van der Waals surface area contributed by atoms with Crippen LogP contribution in [-0.4, -0.2) is 48.9 Å². The van der Waals surface area contributed by atoms with Gasteiger partial charge < -0.3 is 14.6 Å². The third-order valence-corrected chi connectivity index (χ3v) is 4.35. The quantitative estimate of drug-likeness (QED) is 0.793. The molecule has 1 fully saturated rings. The van der Waals surface area contributed by atoms with Crippen LogP contribution in [0.4, 0.5) is 0 Å². The zero-order valence-electron chi connectivity index (χ0n) is 13.9. The van der Waals surface area contributed by atoms with E-state index in [1.54, 1.807) is 0 Å². The van der Waals surface area contributed by atoms with Gasteiger partial charge in [-0.1, -0.05) is 0 Å². The minimum Gasteiger partial charge on any atom is -0.379 e. The third-order valence-electron chi connectivity index (χ3n) is 4.35. The van der Waals surface area contributed by atoms with Crippen molar-refractivity contribution in [2.24, 2.45) is 0 Å². The summed E-state index contributed by atoms with van der Waals surface area (Å²) in [5, 5.41) is 12.4. The van der Waals surface area contributed by atoms with Crippen LogP contribution in [0.3, 0.4) is 0 Å². The van der Waals surface area contributed by atoms with Crippen LogP contribution >= 0.6 is 0 Å². The Balaban J connectivity index is 1.46. The zero-order valence-corrected chi connectivity index (χ0v) is 13.9. The highest BCUT2D eigenvalue weighted by atomic mass is 16.5. The maximum atomic E-state index is 8.90. The molecule has 1 aromatic heterocycles. The minimum absolute atomic E-state index is 0.689. The Morgan fingerprint density at radius 2 is 1.92 bits per heavy atom. The molecule has 1 saturated heterocycles. The standard InChI is InChI=1S/C19H24N4O/c20-15-17-4-6-18(7-5-17)23-10-1-3-19(23)16-21-8-2-9-22-11-13-24-14-12-22/h1,3-7,10,21H,2,8-9,11-14,16H2. The fourth-order valence-electron chi connectivity index (χ4n) is 2.98. The largest absolute Gasteiger partial charge is 0.379 e. The highest BCUT2D eigenvalue weighted by molar-refractivity contribution is 5.41. The Morgan fingerprint density at radius 1 is 1.12 bits per heavy atom. The summed E-state index contributed by atoms with van der Waals surface area (Å²) in [7, 11) is 0. The average Bonchev–Trinajstić information content (AvgIpc) is 3.11. The number of ether oxygens (including phenoxy) is 1. The molecule has 0 unspecified atom stereocenters. The molecule has 0 bridgehead atoms. The van der Waals surface area contributed by atoms with Crippen LogP contribution in [0.15, 0.2) is 42.6 Å². The van der Waals surface area contributed by atoms with E-state index in [4.69, 9.17) is 10.00 Å². The fraction of sp³-hybridized carbons (Fsp3) is 0.421. The van der Waals surface area contributed by atoms with E-state index in [1.165, 1.54) is 5.69 Å². The predicted octanol–water partition coefficient (Wildman–Crippen LogP) is 2.16. The SMILES string of the molecule is N#Cc1ccc(-n2cccc2CNCCCN2CCOCC2)cc1. The van der Waals surface area contributed by atoms with Crippen molar-refractivity contribution in [3.63, 3.8) is 0 Å². The second-order valence-electron chi connectivity index (χ2n) is 6.01. The van der Waals surface area contributed by atoms with E-state index >= 15 is 0 Å². The number of hydrogen-bond acceptors (Lipinski definition) is 4. The summed E-state index contributed by atoms with van der Waals surface area (Å²) in [6, 6.07) is 14.0. The van der Waals surface area contributed by atoms with Crippen molar-refractivity contribution in [2.45, 2.75) is 13.0 Å². The monoisotopic (exact) mass is 324 g/mol. The van der Waals surface area contributed by atoms with Crippen LogP contribution in [0.2, 0.25) is 0 Å². The molecule has 1 N–H and O–H groups in total. The molecule has 3 rings (SSSR count). The molecule has 1 aliphatic rings. The van der Waals surface area contributed by atoms with Gasteiger partial charge in [-0.15, -0.1) is 0 Å². The van der Waals surface area contributed by atoms with Gasteiger partial charge in [0.15, 0.2) is 0 Å². The van der Waals surface area contributed by atoms with Crippen LogP contribution in [-0.2, 0) is 11.3 Å². The van der Waals surface area contributed by atoms with Crippen molar-refractivity contribution in [3.05, 3.63) is 53.9 Å². The second-order valence-corrected chi connectivity index (χ2v) is 6.01. The van der Waals surface area contributed by atoms with E-state index in [0.29, 0.717) is 5.56 Å². The van der Waals surface area contributed by atoms with E-state index in [2.05, 4.69) is 39.2 Å². The van der Waals surface area contributed by atoms with Crippen molar-refractivity contribution in [2.75, 3.05) is 39.4 Å². The van der Waals surface area contributed by atoms with Gasteiger partial charge in [-0.3, -0.25) is 4.90 Å². The van der Waals surface area contributed by atoms with E-state index in [-0.39, 0.29) is 0 Å². The molecule has 0 atom stereocenters. The molecule has 0 radical (unpaired) electrons. The molecular weight excluding hydrogens is 300 g/mol. The Labute approximate surface area is 143 Å². The predicted molar refractivity (Wildman–Crippen MR) is 94.1 cm³/mol. The molecular formula is C19H24N4O. The lowest BCUT2D eigenvalue weighted by Gasteiger charge is -2.26. The first kappa shape index (κ1) is 16.7. The van der Waals surface area contributed by atoms with Gasteiger partial charge in [-0.25, -0.2) is 0 Å². The molecule has 2 aromatic rings. The highest BCUT2D eigenvalue weighted by Gasteiger charge is 2.09. The number of nitrogens with one attached hydrogen (secondary N) is 1. The van der Waals surface area contributed by atoms with Gasteiger partial charge >= 0.3 is 0 Å². The van der Waals surface area contributed by atoms with Crippen molar-refractivity contribution >= 4 is 0 Å². The number of hydrogen-bond donors (Lipinski definition) is 1. The minimum atomic E-state index is 0.689. The molecule has 0 aliphatic carbocycles. The molecule has 1 aromatic carbocycles. The van der Waals surface area contributed by atoms with Crippen LogP contribution in [0.1, 0.15) is 17.7 Å². The van der Waals surface area contributed by atoms with E-state index in [9.17, 15) is 0 Å². The van der Waals surface area contributed by atoms with Crippen LogP contribution in [0.5, 0.6) is 0 Å². The van der Waals surface area contributed by atoms with E-state index in [1.807, 2.05) is 24.3 Å². The normalized spacial score (nSPS) is 15.3. The number of rotatable bonds is 7. The summed E-state index contributed by atoms with van der Waals surface area (Å²) in [6.45, 7) is 6.83.